The van der Waals surface area contributed by atoms with Crippen molar-refractivity contribution in [2.24, 2.45) is 0 Å². The number of benzene rings is 1. The Labute approximate surface area is 107 Å². The molecule has 96 valence electrons. The number of nitrogens with zero attached hydrogens (tertiary/aromatic N) is 2. The van der Waals surface area contributed by atoms with Crippen LogP contribution in [0.25, 0.3) is 0 Å². The summed E-state index contributed by atoms with van der Waals surface area (Å²) >= 11 is 0. The van der Waals surface area contributed by atoms with E-state index in [2.05, 4.69) is 4.98 Å². The number of ether oxygens (including phenoxy) is 1. The monoisotopic (exact) mass is 246 g/mol. The minimum absolute atomic E-state index is 0.648. The van der Waals surface area contributed by atoms with Crippen molar-refractivity contribution in [2.75, 3.05) is 7.11 Å². The summed E-state index contributed by atoms with van der Waals surface area (Å²) in [6.45, 7) is 4.62. The van der Waals surface area contributed by atoms with Gasteiger partial charge in [-0.15, -0.1) is 0 Å². The van der Waals surface area contributed by atoms with Gasteiger partial charge in [-0.1, -0.05) is 12.1 Å². The van der Waals surface area contributed by atoms with Crippen LogP contribution in [-0.2, 0) is 12.1 Å². The van der Waals surface area contributed by atoms with Gasteiger partial charge in [0.1, 0.15) is 11.4 Å². The summed E-state index contributed by atoms with van der Waals surface area (Å²) in [6, 6.07) is 7.37. The second-order valence-electron chi connectivity index (χ2n) is 4.39. The second-order valence-corrected chi connectivity index (χ2v) is 4.39. The predicted octanol–water partition coefficient (Wildman–Crippen LogP) is 2.17. The molecule has 4 nitrogen and oxygen atoms in total. The quantitative estimate of drug-likeness (QED) is 0.899. The molecule has 1 aromatic heterocycles. The van der Waals surface area contributed by atoms with E-state index in [4.69, 9.17) is 4.74 Å². The smallest absolute Gasteiger partial charge is 0.130 e. The highest BCUT2D eigenvalue weighted by Gasteiger charge is 2.28. The van der Waals surface area contributed by atoms with E-state index in [1.807, 2.05) is 42.0 Å². The molecule has 18 heavy (non-hydrogen) atoms. The number of hydrogen-bond donors (Lipinski definition) is 1. The lowest BCUT2D eigenvalue weighted by Crippen LogP contribution is -2.23. The zero-order valence-corrected chi connectivity index (χ0v) is 10.9. The van der Waals surface area contributed by atoms with Crippen molar-refractivity contribution in [1.29, 1.82) is 0 Å². The molecule has 0 aliphatic rings. The molecule has 1 atom stereocenters. The van der Waals surface area contributed by atoms with Crippen LogP contribution in [-0.4, -0.2) is 21.8 Å². The first-order valence-corrected chi connectivity index (χ1v) is 5.97. The van der Waals surface area contributed by atoms with Crippen LogP contribution < -0.4 is 4.74 Å². The molecule has 1 N–H and O–H groups in total. The highest BCUT2D eigenvalue weighted by atomic mass is 16.5. The molecule has 0 aliphatic heterocycles. The summed E-state index contributed by atoms with van der Waals surface area (Å²) in [7, 11) is 1.62. The first kappa shape index (κ1) is 12.6. The molecule has 1 heterocycles. The Kier molecular flexibility index (Phi) is 3.39. The zero-order valence-electron chi connectivity index (χ0n) is 10.9. The van der Waals surface area contributed by atoms with E-state index in [-0.39, 0.29) is 0 Å². The minimum atomic E-state index is -1.09. The van der Waals surface area contributed by atoms with Crippen LogP contribution in [0, 0.1) is 0 Å². The SMILES string of the molecule is CCn1cnc(C(C)(O)c2ccc(OC)cc2)c1. The fourth-order valence-electron chi connectivity index (χ4n) is 1.85. The zero-order chi connectivity index (χ0) is 13.2. The molecule has 0 fully saturated rings. The maximum atomic E-state index is 10.6. The van der Waals surface area contributed by atoms with E-state index < -0.39 is 5.60 Å². The van der Waals surface area contributed by atoms with Gasteiger partial charge in [-0.2, -0.15) is 0 Å². The summed E-state index contributed by atoms with van der Waals surface area (Å²) in [4.78, 5) is 4.26. The lowest BCUT2D eigenvalue weighted by molar-refractivity contribution is 0.0977. The molecular weight excluding hydrogens is 228 g/mol. The molecule has 0 radical (unpaired) electrons. The fourth-order valence-corrected chi connectivity index (χ4v) is 1.85. The van der Waals surface area contributed by atoms with Gasteiger partial charge in [0.2, 0.25) is 0 Å². The normalized spacial score (nSPS) is 14.2. The fraction of sp³-hybridized carbons (Fsp3) is 0.357. The van der Waals surface area contributed by atoms with Gasteiger partial charge in [0.25, 0.3) is 0 Å². The minimum Gasteiger partial charge on any atom is -0.497 e. The average Bonchev–Trinajstić information content (AvgIpc) is 2.88. The average molecular weight is 246 g/mol. The number of methoxy groups -OCH3 is 1. The van der Waals surface area contributed by atoms with Gasteiger partial charge in [-0.3, -0.25) is 0 Å². The molecule has 0 saturated heterocycles. The molecule has 1 unspecified atom stereocenters. The summed E-state index contributed by atoms with van der Waals surface area (Å²) in [5.74, 6) is 0.772. The van der Waals surface area contributed by atoms with Crippen LogP contribution in [0.1, 0.15) is 25.1 Å². The van der Waals surface area contributed by atoms with Crippen LogP contribution in [0.15, 0.2) is 36.8 Å². The third-order valence-electron chi connectivity index (χ3n) is 3.15. The first-order valence-electron chi connectivity index (χ1n) is 5.97. The van der Waals surface area contributed by atoms with Crippen molar-refractivity contribution in [2.45, 2.75) is 26.0 Å². The number of imidazole rings is 1. The van der Waals surface area contributed by atoms with Crippen LogP contribution in [0.4, 0.5) is 0 Å². The highest BCUT2D eigenvalue weighted by molar-refractivity contribution is 5.35. The topological polar surface area (TPSA) is 47.3 Å². The molecular formula is C14H18N2O2. The summed E-state index contributed by atoms with van der Waals surface area (Å²) in [5, 5.41) is 10.6. The van der Waals surface area contributed by atoms with Crippen molar-refractivity contribution in [1.82, 2.24) is 9.55 Å². The number of aliphatic hydroxyl groups is 1. The maximum Gasteiger partial charge on any atom is 0.130 e. The number of aryl methyl sites for hydroxylation is 1. The Morgan fingerprint density at radius 2 is 2.00 bits per heavy atom. The Balaban J connectivity index is 2.33. The lowest BCUT2D eigenvalue weighted by Gasteiger charge is -2.21. The molecule has 0 spiro atoms. The Morgan fingerprint density at radius 3 is 2.50 bits per heavy atom. The van der Waals surface area contributed by atoms with Crippen LogP contribution in [0.3, 0.4) is 0 Å². The van der Waals surface area contributed by atoms with Crippen LogP contribution in [0.2, 0.25) is 0 Å². The van der Waals surface area contributed by atoms with Gasteiger partial charge in [0.05, 0.1) is 19.1 Å². The van der Waals surface area contributed by atoms with E-state index in [0.717, 1.165) is 17.9 Å². The van der Waals surface area contributed by atoms with Gasteiger partial charge < -0.3 is 14.4 Å². The molecule has 0 saturated carbocycles. The van der Waals surface area contributed by atoms with Crippen molar-refractivity contribution >= 4 is 0 Å². The van der Waals surface area contributed by atoms with Gasteiger partial charge in [-0.05, 0) is 31.5 Å². The Bertz CT molecular complexity index is 515. The molecule has 0 amide bonds. The summed E-state index contributed by atoms with van der Waals surface area (Å²) in [5.41, 5.74) is 0.353. The van der Waals surface area contributed by atoms with E-state index in [0.29, 0.717) is 5.69 Å². The van der Waals surface area contributed by atoms with Crippen LogP contribution in [0.5, 0.6) is 5.75 Å². The second kappa shape index (κ2) is 4.82. The molecule has 2 aromatic rings. The van der Waals surface area contributed by atoms with Crippen molar-refractivity contribution in [3.63, 3.8) is 0 Å². The lowest BCUT2D eigenvalue weighted by atomic mass is 9.93. The van der Waals surface area contributed by atoms with E-state index >= 15 is 0 Å². The van der Waals surface area contributed by atoms with Crippen molar-refractivity contribution in [3.8, 4) is 5.75 Å². The predicted molar refractivity (Wildman–Crippen MR) is 69.6 cm³/mol. The van der Waals surface area contributed by atoms with Gasteiger partial charge in [-0.25, -0.2) is 4.98 Å². The van der Waals surface area contributed by atoms with Gasteiger partial charge in [0, 0.05) is 12.7 Å². The highest BCUT2D eigenvalue weighted by Crippen LogP contribution is 2.28. The van der Waals surface area contributed by atoms with Crippen molar-refractivity contribution in [3.05, 3.63) is 48.0 Å². The number of aromatic nitrogens is 2. The van der Waals surface area contributed by atoms with E-state index in [1.54, 1.807) is 20.4 Å². The summed E-state index contributed by atoms with van der Waals surface area (Å²) < 4.78 is 7.05. The maximum absolute atomic E-state index is 10.6. The molecule has 2 rings (SSSR count). The number of rotatable bonds is 4. The largest absolute Gasteiger partial charge is 0.497 e. The Hall–Kier alpha value is -1.81. The standard InChI is InChI=1S/C14H18N2O2/c1-4-16-9-13(15-10-16)14(2,17)11-5-7-12(18-3)8-6-11/h5-10,17H,4H2,1-3H3. The Morgan fingerprint density at radius 1 is 1.33 bits per heavy atom. The third kappa shape index (κ3) is 2.24. The van der Waals surface area contributed by atoms with Crippen molar-refractivity contribution < 1.29 is 9.84 Å². The molecule has 0 bridgehead atoms. The molecule has 0 aliphatic carbocycles. The van der Waals surface area contributed by atoms with E-state index in [9.17, 15) is 5.11 Å². The van der Waals surface area contributed by atoms with Crippen LogP contribution >= 0.6 is 0 Å². The van der Waals surface area contributed by atoms with E-state index in [1.165, 1.54) is 0 Å². The first-order chi connectivity index (χ1) is 8.57. The summed E-state index contributed by atoms with van der Waals surface area (Å²) in [6.07, 6.45) is 3.59. The third-order valence-corrected chi connectivity index (χ3v) is 3.15. The molecule has 1 aromatic carbocycles. The van der Waals surface area contributed by atoms with Gasteiger partial charge >= 0.3 is 0 Å². The number of hydrogen-bond acceptors (Lipinski definition) is 3. The molecule has 4 heteroatoms. The van der Waals surface area contributed by atoms with Gasteiger partial charge in [0.15, 0.2) is 0 Å².